The molecule has 1 aliphatic rings. The summed E-state index contributed by atoms with van der Waals surface area (Å²) in [7, 11) is 0. The standard InChI is InChI=1S/C12H13N3O2S2/c16-9(14-4-1-2-5-14)7-15-11(17)8-3-6-19-10(8)13-12(15)18/h3,6H,1-2,4-5,7H2,(H,13,18). The van der Waals surface area contributed by atoms with Gasteiger partial charge in [0, 0.05) is 13.1 Å². The zero-order chi connectivity index (χ0) is 13.4. The number of likely N-dealkylation sites (tertiary alicyclic amines) is 1. The summed E-state index contributed by atoms with van der Waals surface area (Å²) in [5.74, 6) is -0.0336. The van der Waals surface area contributed by atoms with E-state index in [1.165, 1.54) is 15.9 Å². The summed E-state index contributed by atoms with van der Waals surface area (Å²) < 4.78 is 1.66. The number of nitrogens with one attached hydrogen (secondary N) is 1. The molecule has 100 valence electrons. The Hall–Kier alpha value is -1.47. The topological polar surface area (TPSA) is 58.1 Å². The van der Waals surface area contributed by atoms with Gasteiger partial charge >= 0.3 is 0 Å². The Bertz CT molecular complexity index is 737. The Morgan fingerprint density at radius 1 is 1.42 bits per heavy atom. The molecule has 0 aliphatic carbocycles. The molecule has 0 bridgehead atoms. The molecule has 0 saturated carbocycles. The smallest absolute Gasteiger partial charge is 0.263 e. The Balaban J connectivity index is 1.98. The average molecular weight is 295 g/mol. The molecule has 2 aromatic rings. The molecule has 5 nitrogen and oxygen atoms in total. The lowest BCUT2D eigenvalue weighted by Gasteiger charge is -2.15. The van der Waals surface area contributed by atoms with E-state index in [0.717, 1.165) is 30.8 Å². The number of aromatic nitrogens is 2. The molecular weight excluding hydrogens is 282 g/mol. The molecule has 0 atom stereocenters. The lowest BCUT2D eigenvalue weighted by Crippen LogP contribution is -2.35. The highest BCUT2D eigenvalue weighted by Crippen LogP contribution is 2.14. The number of rotatable bonds is 2. The van der Waals surface area contributed by atoms with Crippen LogP contribution in [0, 0.1) is 4.77 Å². The highest BCUT2D eigenvalue weighted by molar-refractivity contribution is 7.71. The van der Waals surface area contributed by atoms with Crippen LogP contribution in [0.15, 0.2) is 16.2 Å². The van der Waals surface area contributed by atoms with Crippen LogP contribution >= 0.6 is 23.6 Å². The van der Waals surface area contributed by atoms with E-state index in [1.54, 1.807) is 11.0 Å². The maximum Gasteiger partial charge on any atom is 0.263 e. The van der Waals surface area contributed by atoms with Gasteiger partial charge in [-0.25, -0.2) is 0 Å². The number of nitrogens with zero attached hydrogens (tertiary/aromatic N) is 2. The normalized spacial score (nSPS) is 15.3. The second-order valence-electron chi connectivity index (χ2n) is 4.57. The number of H-pyrrole nitrogens is 1. The number of aromatic amines is 1. The van der Waals surface area contributed by atoms with Crippen molar-refractivity contribution < 1.29 is 4.79 Å². The Kier molecular flexibility index (Phi) is 3.24. The summed E-state index contributed by atoms with van der Waals surface area (Å²) in [6.45, 7) is 1.59. The summed E-state index contributed by atoms with van der Waals surface area (Å²) in [5.41, 5.74) is -0.187. The summed E-state index contributed by atoms with van der Waals surface area (Å²) >= 11 is 6.61. The number of hydrogen-bond donors (Lipinski definition) is 1. The first kappa shape index (κ1) is 12.6. The van der Waals surface area contributed by atoms with Crippen molar-refractivity contribution >= 4 is 39.7 Å². The van der Waals surface area contributed by atoms with Gasteiger partial charge in [0.05, 0.1) is 5.39 Å². The third kappa shape index (κ3) is 2.23. The third-order valence-corrected chi connectivity index (χ3v) is 4.51. The summed E-state index contributed by atoms with van der Waals surface area (Å²) in [5, 5.41) is 2.43. The number of fused-ring (bicyclic) bond motifs is 1. The third-order valence-electron chi connectivity index (χ3n) is 3.36. The monoisotopic (exact) mass is 295 g/mol. The van der Waals surface area contributed by atoms with Crippen molar-refractivity contribution in [1.29, 1.82) is 0 Å². The first-order valence-electron chi connectivity index (χ1n) is 6.15. The van der Waals surface area contributed by atoms with E-state index in [0.29, 0.717) is 10.2 Å². The summed E-state index contributed by atoms with van der Waals surface area (Å²) in [4.78, 5) is 29.9. The number of amides is 1. The van der Waals surface area contributed by atoms with E-state index < -0.39 is 0 Å². The van der Waals surface area contributed by atoms with Gasteiger partial charge in [-0.15, -0.1) is 11.3 Å². The van der Waals surface area contributed by atoms with Gasteiger partial charge in [0.15, 0.2) is 4.77 Å². The quantitative estimate of drug-likeness (QED) is 0.859. The van der Waals surface area contributed by atoms with E-state index >= 15 is 0 Å². The van der Waals surface area contributed by atoms with Crippen LogP contribution < -0.4 is 5.56 Å². The van der Waals surface area contributed by atoms with E-state index in [2.05, 4.69) is 4.98 Å². The van der Waals surface area contributed by atoms with E-state index in [4.69, 9.17) is 12.2 Å². The minimum absolute atomic E-state index is 0.0277. The molecule has 2 aromatic heterocycles. The van der Waals surface area contributed by atoms with Crippen LogP contribution in [-0.2, 0) is 11.3 Å². The van der Waals surface area contributed by atoms with E-state index in [-0.39, 0.29) is 18.0 Å². The number of thiophene rings is 1. The van der Waals surface area contributed by atoms with Gasteiger partial charge in [-0.1, -0.05) is 0 Å². The number of carbonyl (C=O) groups is 1. The second kappa shape index (κ2) is 4.90. The molecule has 3 heterocycles. The van der Waals surface area contributed by atoms with Crippen molar-refractivity contribution in [3.8, 4) is 0 Å². The first-order chi connectivity index (χ1) is 9.16. The molecule has 1 N–H and O–H groups in total. The van der Waals surface area contributed by atoms with Crippen molar-refractivity contribution in [1.82, 2.24) is 14.5 Å². The second-order valence-corrected chi connectivity index (χ2v) is 5.88. The van der Waals surface area contributed by atoms with Crippen LogP contribution in [0.1, 0.15) is 12.8 Å². The predicted octanol–water partition coefficient (Wildman–Crippen LogP) is 1.74. The molecule has 0 unspecified atom stereocenters. The predicted molar refractivity (Wildman–Crippen MR) is 77.1 cm³/mol. The maximum absolute atomic E-state index is 12.3. The van der Waals surface area contributed by atoms with Crippen molar-refractivity contribution in [3.63, 3.8) is 0 Å². The largest absolute Gasteiger partial charge is 0.341 e. The van der Waals surface area contributed by atoms with Gasteiger partial charge in [0.25, 0.3) is 5.56 Å². The van der Waals surface area contributed by atoms with Crippen LogP contribution in [0.2, 0.25) is 0 Å². The van der Waals surface area contributed by atoms with Crippen molar-refractivity contribution in [3.05, 3.63) is 26.6 Å². The van der Waals surface area contributed by atoms with Crippen LogP contribution in [0.5, 0.6) is 0 Å². The van der Waals surface area contributed by atoms with Crippen LogP contribution in [0.3, 0.4) is 0 Å². The summed E-state index contributed by atoms with van der Waals surface area (Å²) in [6.07, 6.45) is 2.08. The van der Waals surface area contributed by atoms with Crippen LogP contribution in [0.25, 0.3) is 10.2 Å². The van der Waals surface area contributed by atoms with Gasteiger partial charge in [-0.05, 0) is 36.5 Å². The molecule has 0 radical (unpaired) electrons. The highest BCUT2D eigenvalue weighted by Gasteiger charge is 2.19. The first-order valence-corrected chi connectivity index (χ1v) is 7.44. The van der Waals surface area contributed by atoms with Crippen LogP contribution in [0.4, 0.5) is 0 Å². The maximum atomic E-state index is 12.3. The average Bonchev–Trinajstić information content (AvgIpc) is 3.04. The van der Waals surface area contributed by atoms with Crippen LogP contribution in [-0.4, -0.2) is 33.4 Å². The molecule has 0 aromatic carbocycles. The molecule has 3 rings (SSSR count). The van der Waals surface area contributed by atoms with Gasteiger partial charge < -0.3 is 9.88 Å². The van der Waals surface area contributed by atoms with Gasteiger partial charge in [0.2, 0.25) is 5.91 Å². The Morgan fingerprint density at radius 2 is 2.16 bits per heavy atom. The minimum atomic E-state index is -0.187. The molecule has 7 heteroatoms. The zero-order valence-electron chi connectivity index (χ0n) is 10.2. The van der Waals surface area contributed by atoms with Crippen molar-refractivity contribution in [2.45, 2.75) is 19.4 Å². The molecule has 1 aliphatic heterocycles. The highest BCUT2D eigenvalue weighted by atomic mass is 32.1. The van der Waals surface area contributed by atoms with Gasteiger partial charge in [0.1, 0.15) is 11.4 Å². The fourth-order valence-electron chi connectivity index (χ4n) is 2.32. The zero-order valence-corrected chi connectivity index (χ0v) is 11.9. The van der Waals surface area contributed by atoms with Gasteiger partial charge in [-0.3, -0.25) is 14.2 Å². The Labute approximate surface area is 118 Å². The molecule has 19 heavy (non-hydrogen) atoms. The van der Waals surface area contributed by atoms with E-state index in [9.17, 15) is 9.59 Å². The van der Waals surface area contributed by atoms with Gasteiger partial charge in [-0.2, -0.15) is 0 Å². The Morgan fingerprint density at radius 3 is 2.89 bits per heavy atom. The van der Waals surface area contributed by atoms with Crippen molar-refractivity contribution in [2.75, 3.05) is 13.1 Å². The van der Waals surface area contributed by atoms with Crippen molar-refractivity contribution in [2.24, 2.45) is 0 Å². The molecule has 0 spiro atoms. The molecule has 1 amide bonds. The lowest BCUT2D eigenvalue weighted by atomic mass is 10.4. The molecule has 1 fully saturated rings. The summed E-state index contributed by atoms with van der Waals surface area (Å²) in [6, 6.07) is 1.75. The fourth-order valence-corrected chi connectivity index (χ4v) is 3.41. The fraction of sp³-hybridized carbons (Fsp3) is 0.417. The SMILES string of the molecule is O=C(Cn1c(=S)[nH]c2sccc2c1=O)N1CCCC1. The number of carbonyl (C=O) groups excluding carboxylic acids is 1. The molecular formula is C12H13N3O2S2. The number of hydrogen-bond acceptors (Lipinski definition) is 4. The molecule has 1 saturated heterocycles. The van der Waals surface area contributed by atoms with E-state index in [1.807, 2.05) is 5.38 Å². The lowest BCUT2D eigenvalue weighted by molar-refractivity contribution is -0.130. The minimum Gasteiger partial charge on any atom is -0.341 e.